The number of aliphatic hydroxyl groups excluding tert-OH is 1. The van der Waals surface area contributed by atoms with Crippen LogP contribution in [0.1, 0.15) is 35.2 Å². The number of Topliss-reactive ketones (excluding diaryl/α,β-unsaturated/α-hetero) is 1. The number of carbonyl (C=O) groups is 2. The molecule has 3 aromatic carbocycles. The summed E-state index contributed by atoms with van der Waals surface area (Å²) in [7, 11) is 0. The summed E-state index contributed by atoms with van der Waals surface area (Å²) < 4.78 is 5.57. The van der Waals surface area contributed by atoms with Crippen molar-refractivity contribution < 1.29 is 19.4 Å². The molecule has 1 atom stereocenters. The van der Waals surface area contributed by atoms with Gasteiger partial charge in [-0.2, -0.15) is 0 Å². The van der Waals surface area contributed by atoms with Crippen molar-refractivity contribution in [1.29, 1.82) is 0 Å². The minimum atomic E-state index is -0.702. The van der Waals surface area contributed by atoms with Crippen LogP contribution in [-0.2, 0) is 16.0 Å². The van der Waals surface area contributed by atoms with Crippen molar-refractivity contribution in [1.82, 2.24) is 9.88 Å². The first-order valence-corrected chi connectivity index (χ1v) is 12.1. The molecule has 1 saturated heterocycles. The van der Waals surface area contributed by atoms with Gasteiger partial charge in [-0.05, 0) is 49.6 Å². The van der Waals surface area contributed by atoms with Crippen molar-refractivity contribution in [2.75, 3.05) is 13.2 Å². The van der Waals surface area contributed by atoms with Crippen LogP contribution < -0.4 is 4.74 Å². The molecule has 2 heterocycles. The van der Waals surface area contributed by atoms with Gasteiger partial charge >= 0.3 is 0 Å². The third-order valence-corrected chi connectivity index (χ3v) is 6.67. The Hall–Kier alpha value is -4.32. The quantitative estimate of drug-likeness (QED) is 0.207. The highest BCUT2D eigenvalue weighted by Gasteiger charge is 2.45. The summed E-state index contributed by atoms with van der Waals surface area (Å²) in [5, 5.41) is 12.3. The smallest absolute Gasteiger partial charge is 0.295 e. The molecule has 182 valence electrons. The van der Waals surface area contributed by atoms with E-state index in [2.05, 4.69) is 4.98 Å². The Balaban J connectivity index is 1.55. The summed E-state index contributed by atoms with van der Waals surface area (Å²) in [6.07, 6.45) is 2.51. The van der Waals surface area contributed by atoms with Crippen LogP contribution in [0.5, 0.6) is 5.75 Å². The monoisotopic (exact) mass is 480 g/mol. The zero-order valence-corrected chi connectivity index (χ0v) is 20.3. The second kappa shape index (κ2) is 9.74. The standard InChI is InChI=1S/C30H28N2O4/c1-3-36-23-14-12-20(13-15-23)27-26(28(33)21-10-8-19(2)9-11-21)29(34)30(35)32(27)17-16-22-18-31-25-7-5-4-6-24(22)25/h4-15,18,27,31,33H,3,16-17H2,1-2H3/b28-26+. The van der Waals surface area contributed by atoms with E-state index in [1.54, 1.807) is 17.0 Å². The van der Waals surface area contributed by atoms with Gasteiger partial charge < -0.3 is 19.7 Å². The van der Waals surface area contributed by atoms with Gasteiger partial charge in [0.1, 0.15) is 11.5 Å². The Labute approximate surface area is 209 Å². The van der Waals surface area contributed by atoms with Crippen LogP contribution >= 0.6 is 0 Å². The molecule has 4 aromatic rings. The lowest BCUT2D eigenvalue weighted by atomic mass is 9.95. The average Bonchev–Trinajstić information content (AvgIpc) is 3.42. The first-order chi connectivity index (χ1) is 17.5. The van der Waals surface area contributed by atoms with Crippen LogP contribution in [0.25, 0.3) is 16.7 Å². The molecule has 1 aliphatic rings. The van der Waals surface area contributed by atoms with E-state index in [-0.39, 0.29) is 11.3 Å². The molecule has 1 aromatic heterocycles. The Bertz CT molecular complexity index is 1450. The zero-order chi connectivity index (χ0) is 25.2. The molecule has 6 heteroatoms. The molecule has 2 N–H and O–H groups in total. The van der Waals surface area contributed by atoms with Gasteiger partial charge in [0.2, 0.25) is 0 Å². The molecular formula is C30H28N2O4. The van der Waals surface area contributed by atoms with Crippen molar-refractivity contribution >= 4 is 28.4 Å². The summed E-state index contributed by atoms with van der Waals surface area (Å²) in [6, 6.07) is 21.9. The van der Waals surface area contributed by atoms with Gasteiger partial charge in [-0.1, -0.05) is 60.2 Å². The zero-order valence-electron chi connectivity index (χ0n) is 20.3. The van der Waals surface area contributed by atoms with Crippen LogP contribution in [0.4, 0.5) is 0 Å². The molecule has 1 aliphatic heterocycles. The van der Waals surface area contributed by atoms with E-state index in [4.69, 9.17) is 4.74 Å². The maximum Gasteiger partial charge on any atom is 0.295 e. The van der Waals surface area contributed by atoms with E-state index in [0.717, 1.165) is 27.6 Å². The largest absolute Gasteiger partial charge is 0.507 e. The molecular weight excluding hydrogens is 452 g/mol. The molecule has 1 amide bonds. The van der Waals surface area contributed by atoms with Crippen LogP contribution in [0.2, 0.25) is 0 Å². The molecule has 0 radical (unpaired) electrons. The van der Waals surface area contributed by atoms with E-state index in [1.165, 1.54) is 0 Å². The van der Waals surface area contributed by atoms with Crippen LogP contribution in [-0.4, -0.2) is 39.8 Å². The molecule has 1 fully saturated rings. The number of nitrogens with zero attached hydrogens (tertiary/aromatic N) is 1. The number of fused-ring (bicyclic) bond motifs is 1. The summed E-state index contributed by atoms with van der Waals surface area (Å²) in [5.41, 5.74) is 4.48. The van der Waals surface area contributed by atoms with Crippen molar-refractivity contribution in [3.63, 3.8) is 0 Å². The predicted octanol–water partition coefficient (Wildman–Crippen LogP) is 5.54. The fourth-order valence-corrected chi connectivity index (χ4v) is 4.82. The third-order valence-electron chi connectivity index (χ3n) is 6.67. The van der Waals surface area contributed by atoms with Crippen LogP contribution in [0.15, 0.2) is 84.6 Å². The number of likely N-dealkylation sites (tertiary alicyclic amines) is 1. The van der Waals surface area contributed by atoms with Crippen molar-refractivity contribution in [2.45, 2.75) is 26.3 Å². The molecule has 0 aliphatic carbocycles. The number of ketones is 1. The lowest BCUT2D eigenvalue weighted by molar-refractivity contribution is -0.139. The summed E-state index contributed by atoms with van der Waals surface area (Å²) >= 11 is 0. The van der Waals surface area contributed by atoms with Gasteiger partial charge in [-0.3, -0.25) is 9.59 Å². The second-order valence-electron chi connectivity index (χ2n) is 8.97. The number of carbonyl (C=O) groups excluding carboxylic acids is 2. The number of para-hydroxylation sites is 1. The van der Waals surface area contributed by atoms with Crippen LogP contribution in [0.3, 0.4) is 0 Å². The molecule has 6 nitrogen and oxygen atoms in total. The molecule has 0 saturated carbocycles. The van der Waals surface area contributed by atoms with Gasteiger partial charge in [-0.25, -0.2) is 0 Å². The highest BCUT2D eigenvalue weighted by atomic mass is 16.5. The van der Waals surface area contributed by atoms with Crippen molar-refractivity contribution in [3.8, 4) is 5.75 Å². The number of hydrogen-bond donors (Lipinski definition) is 2. The van der Waals surface area contributed by atoms with Crippen LogP contribution in [0, 0.1) is 6.92 Å². The number of benzene rings is 3. The lowest BCUT2D eigenvalue weighted by Crippen LogP contribution is -2.31. The van der Waals surface area contributed by atoms with Gasteiger partial charge in [0, 0.05) is 29.2 Å². The number of aromatic nitrogens is 1. The highest BCUT2D eigenvalue weighted by Crippen LogP contribution is 2.40. The third kappa shape index (κ3) is 4.26. The number of hydrogen-bond acceptors (Lipinski definition) is 4. The number of amides is 1. The number of aryl methyl sites for hydroxylation is 1. The number of aliphatic hydroxyl groups is 1. The molecule has 36 heavy (non-hydrogen) atoms. The fraction of sp³-hybridized carbons (Fsp3) is 0.200. The van der Waals surface area contributed by atoms with E-state index < -0.39 is 17.7 Å². The van der Waals surface area contributed by atoms with Gasteiger partial charge in [-0.15, -0.1) is 0 Å². The minimum absolute atomic E-state index is 0.104. The summed E-state index contributed by atoms with van der Waals surface area (Å²) in [6.45, 7) is 4.73. The van der Waals surface area contributed by atoms with E-state index in [0.29, 0.717) is 30.9 Å². The number of aromatic amines is 1. The number of rotatable bonds is 7. The fourth-order valence-electron chi connectivity index (χ4n) is 4.82. The highest BCUT2D eigenvalue weighted by molar-refractivity contribution is 6.46. The average molecular weight is 481 g/mol. The molecule has 5 rings (SSSR count). The summed E-state index contributed by atoms with van der Waals surface area (Å²) in [4.78, 5) is 31.4. The maximum atomic E-state index is 13.3. The van der Waals surface area contributed by atoms with Crippen molar-refractivity contribution in [3.05, 3.63) is 107 Å². The summed E-state index contributed by atoms with van der Waals surface area (Å²) in [5.74, 6) is -0.745. The second-order valence-corrected chi connectivity index (χ2v) is 8.97. The number of nitrogens with one attached hydrogen (secondary N) is 1. The molecule has 0 spiro atoms. The minimum Gasteiger partial charge on any atom is -0.507 e. The first-order valence-electron chi connectivity index (χ1n) is 12.1. The lowest BCUT2D eigenvalue weighted by Gasteiger charge is -2.25. The van der Waals surface area contributed by atoms with Gasteiger partial charge in [0.25, 0.3) is 11.7 Å². The normalized spacial score (nSPS) is 17.2. The van der Waals surface area contributed by atoms with E-state index >= 15 is 0 Å². The molecule has 1 unspecified atom stereocenters. The maximum absolute atomic E-state index is 13.3. The Morgan fingerprint density at radius 3 is 2.44 bits per heavy atom. The first kappa shape index (κ1) is 23.4. The number of ether oxygens (including phenoxy) is 1. The Kier molecular flexibility index (Phi) is 6.34. The van der Waals surface area contributed by atoms with Gasteiger partial charge in [0.15, 0.2) is 0 Å². The van der Waals surface area contributed by atoms with Gasteiger partial charge in [0.05, 0.1) is 18.2 Å². The van der Waals surface area contributed by atoms with E-state index in [9.17, 15) is 14.7 Å². The predicted molar refractivity (Wildman–Crippen MR) is 140 cm³/mol. The Morgan fingerprint density at radius 1 is 1.00 bits per heavy atom. The van der Waals surface area contributed by atoms with Crippen molar-refractivity contribution in [2.24, 2.45) is 0 Å². The molecule has 0 bridgehead atoms. The Morgan fingerprint density at radius 2 is 1.72 bits per heavy atom. The number of H-pyrrole nitrogens is 1. The van der Waals surface area contributed by atoms with E-state index in [1.807, 2.05) is 80.7 Å². The SMILES string of the molecule is CCOc1ccc(C2/C(=C(\O)c3ccc(C)cc3)C(=O)C(=O)N2CCc2c[nH]c3ccccc23)cc1. The topological polar surface area (TPSA) is 82.6 Å².